The molecule has 0 saturated carbocycles. The van der Waals surface area contributed by atoms with Crippen LogP contribution in [-0.4, -0.2) is 20.2 Å². The van der Waals surface area contributed by atoms with E-state index in [0.717, 1.165) is 15.4 Å². The Kier molecular flexibility index (Phi) is 3.46. The highest BCUT2D eigenvalue weighted by Gasteiger charge is 1.82. The van der Waals surface area contributed by atoms with Gasteiger partial charge in [-0.15, -0.1) is 16.9 Å². The average molecular weight is 184 g/mol. The maximum Gasteiger partial charge on any atom is 0.229 e. The van der Waals surface area contributed by atoms with Gasteiger partial charge < -0.3 is 4.12 Å². The first kappa shape index (κ1) is 7.76. The van der Waals surface area contributed by atoms with E-state index in [1.54, 1.807) is 11.3 Å². The summed E-state index contributed by atoms with van der Waals surface area (Å²) in [5.74, 6) is 3.05. The second-order valence-corrected chi connectivity index (χ2v) is 5.61. The second-order valence-electron chi connectivity index (χ2n) is 1.71. The van der Waals surface area contributed by atoms with E-state index in [2.05, 4.69) is 11.5 Å². The summed E-state index contributed by atoms with van der Waals surface area (Å²) in [7, 11) is 0.342. The van der Waals surface area contributed by atoms with Crippen molar-refractivity contribution < 1.29 is 4.12 Å². The Morgan fingerprint density at radius 3 is 3.20 bits per heavy atom. The average Bonchev–Trinajstić information content (AvgIpc) is 2.41. The Bertz CT molecular complexity index is 234. The maximum absolute atomic E-state index is 5.05. The second kappa shape index (κ2) is 4.47. The summed E-state index contributed by atoms with van der Waals surface area (Å²) in [6.07, 6.45) is 0. The van der Waals surface area contributed by atoms with Gasteiger partial charge in [-0.25, -0.2) is 0 Å². The van der Waals surface area contributed by atoms with Crippen LogP contribution in [-0.2, 0) is 4.12 Å². The normalized spacial score (nSPS) is 10.0. The highest BCUT2D eigenvalue weighted by Crippen LogP contribution is 2.04. The minimum absolute atomic E-state index is 0.493. The molecule has 1 heterocycles. The third-order valence-corrected chi connectivity index (χ3v) is 3.21. The molecule has 0 saturated heterocycles. The van der Waals surface area contributed by atoms with Crippen molar-refractivity contribution in [2.45, 2.75) is 0 Å². The lowest BCUT2D eigenvalue weighted by Gasteiger charge is -1.80. The largest absolute Gasteiger partial charge is 0.459 e. The molecule has 0 atom stereocenters. The molecule has 4 heteroatoms. The van der Waals surface area contributed by atoms with Crippen LogP contribution in [0, 0.1) is 11.5 Å². The highest BCUT2D eigenvalue weighted by atomic mass is 32.1. The summed E-state index contributed by atoms with van der Waals surface area (Å²) in [4.78, 5) is 1.14. The number of hydrogen-bond acceptors (Lipinski definition) is 2. The number of rotatable bonds is 1. The van der Waals surface area contributed by atoms with Gasteiger partial charge in [-0.2, -0.15) is 0 Å². The summed E-state index contributed by atoms with van der Waals surface area (Å²) >= 11 is 1.68. The molecule has 0 bridgehead atoms. The first-order valence-electron chi connectivity index (χ1n) is 2.95. The molecule has 1 aromatic heterocycles. The van der Waals surface area contributed by atoms with Gasteiger partial charge in [-0.05, 0) is 11.4 Å². The van der Waals surface area contributed by atoms with Crippen LogP contribution in [0.15, 0.2) is 17.5 Å². The van der Waals surface area contributed by atoms with Gasteiger partial charge in [0.1, 0.15) is 10.5 Å². The molecule has 1 nitrogen and oxygen atoms in total. The van der Waals surface area contributed by atoms with Gasteiger partial charge in [-0.3, -0.25) is 0 Å². The van der Waals surface area contributed by atoms with Crippen LogP contribution in [0.4, 0.5) is 0 Å². The van der Waals surface area contributed by atoms with Gasteiger partial charge in [0.15, 0.2) is 0 Å². The van der Waals surface area contributed by atoms with Gasteiger partial charge in [0.2, 0.25) is 9.76 Å². The molecule has 0 N–H and O–H groups in total. The Balaban J connectivity index is 2.49. The molecular formula is C6H8OSSi2. The summed E-state index contributed by atoms with van der Waals surface area (Å²) < 4.78 is 5.05. The summed E-state index contributed by atoms with van der Waals surface area (Å²) in [6, 6.07) is 4.04. The maximum atomic E-state index is 5.05. The van der Waals surface area contributed by atoms with Gasteiger partial charge in [0.25, 0.3) is 0 Å². The van der Waals surface area contributed by atoms with E-state index in [9.17, 15) is 0 Å². The molecule has 0 aromatic carbocycles. The summed E-state index contributed by atoms with van der Waals surface area (Å²) in [6.45, 7) is 0. The van der Waals surface area contributed by atoms with Gasteiger partial charge in [-0.1, -0.05) is 12.0 Å². The van der Waals surface area contributed by atoms with Crippen LogP contribution in [0.25, 0.3) is 0 Å². The minimum atomic E-state index is -0.493. The number of thiophene rings is 1. The van der Waals surface area contributed by atoms with Crippen LogP contribution in [0.3, 0.4) is 0 Å². The first-order chi connectivity index (χ1) is 4.93. The van der Waals surface area contributed by atoms with Crippen molar-refractivity contribution >= 4 is 31.6 Å². The molecule has 1 aromatic rings. The molecule has 0 fully saturated rings. The van der Waals surface area contributed by atoms with Crippen LogP contribution in [0.5, 0.6) is 0 Å². The lowest BCUT2D eigenvalue weighted by molar-refractivity contribution is 0.678. The molecule has 0 unspecified atom stereocenters. The summed E-state index contributed by atoms with van der Waals surface area (Å²) in [5, 5.41) is 2.03. The monoisotopic (exact) mass is 184 g/mol. The quantitative estimate of drug-likeness (QED) is 0.420. The Labute approximate surface area is 69.9 Å². The van der Waals surface area contributed by atoms with Crippen LogP contribution in [0.1, 0.15) is 4.88 Å². The fourth-order valence-electron chi connectivity index (χ4n) is 0.545. The predicted octanol–water partition coefficient (Wildman–Crippen LogP) is -0.562. The third-order valence-electron chi connectivity index (χ3n) is 0.949. The number of hydrogen-bond donors (Lipinski definition) is 0. The zero-order valence-electron chi connectivity index (χ0n) is 5.76. The van der Waals surface area contributed by atoms with E-state index in [1.165, 1.54) is 0 Å². The van der Waals surface area contributed by atoms with Crippen LogP contribution < -0.4 is 0 Å². The van der Waals surface area contributed by atoms with E-state index in [0.29, 0.717) is 0 Å². The smallest absolute Gasteiger partial charge is 0.229 e. The highest BCUT2D eigenvalue weighted by molar-refractivity contribution is 7.10. The van der Waals surface area contributed by atoms with Crippen molar-refractivity contribution in [2.24, 2.45) is 0 Å². The lowest BCUT2D eigenvalue weighted by atomic mass is 10.5. The van der Waals surface area contributed by atoms with Gasteiger partial charge >= 0.3 is 0 Å². The van der Waals surface area contributed by atoms with Crippen LogP contribution in [0.2, 0.25) is 0 Å². The molecule has 0 aliphatic heterocycles. The minimum Gasteiger partial charge on any atom is -0.459 e. The fourth-order valence-corrected chi connectivity index (χ4v) is 2.11. The zero-order valence-corrected chi connectivity index (χ0v) is 9.99. The van der Waals surface area contributed by atoms with E-state index in [1.807, 2.05) is 17.5 Å². The Morgan fingerprint density at radius 2 is 2.60 bits per heavy atom. The molecule has 10 heavy (non-hydrogen) atoms. The molecule has 0 amide bonds. The van der Waals surface area contributed by atoms with Crippen LogP contribution >= 0.6 is 11.3 Å². The van der Waals surface area contributed by atoms with E-state index < -0.39 is 9.76 Å². The topological polar surface area (TPSA) is 9.23 Å². The Morgan fingerprint density at radius 1 is 1.70 bits per heavy atom. The van der Waals surface area contributed by atoms with E-state index in [-0.39, 0.29) is 0 Å². The van der Waals surface area contributed by atoms with Crippen molar-refractivity contribution in [3.05, 3.63) is 22.4 Å². The van der Waals surface area contributed by atoms with Crippen molar-refractivity contribution in [1.82, 2.24) is 0 Å². The molecular weight excluding hydrogens is 176 g/mol. The van der Waals surface area contributed by atoms with E-state index >= 15 is 0 Å². The molecule has 0 spiro atoms. The van der Waals surface area contributed by atoms with Gasteiger partial charge in [0.05, 0.1) is 4.88 Å². The van der Waals surface area contributed by atoms with Crippen molar-refractivity contribution in [3.63, 3.8) is 0 Å². The van der Waals surface area contributed by atoms with Crippen molar-refractivity contribution in [2.75, 3.05) is 0 Å². The Hall–Kier alpha value is -0.346. The molecule has 0 aliphatic rings. The van der Waals surface area contributed by atoms with Crippen molar-refractivity contribution in [3.8, 4) is 11.5 Å². The standard InChI is InChI=1S/C6H8OSSi2/c9-7-10-5-3-6-2-1-4-8-6/h1-2,4H,10H2,9H3. The molecule has 0 radical (unpaired) electrons. The summed E-state index contributed by atoms with van der Waals surface area (Å²) in [5.41, 5.74) is 3.05. The van der Waals surface area contributed by atoms with Gasteiger partial charge in [0, 0.05) is 0 Å². The predicted molar refractivity (Wildman–Crippen MR) is 50.8 cm³/mol. The molecule has 0 aliphatic carbocycles. The zero-order chi connectivity index (χ0) is 7.23. The first-order valence-corrected chi connectivity index (χ1v) is 5.93. The third kappa shape index (κ3) is 2.50. The van der Waals surface area contributed by atoms with E-state index in [4.69, 9.17) is 4.12 Å². The lowest BCUT2D eigenvalue weighted by Crippen LogP contribution is -1.88. The fraction of sp³-hybridized carbons (Fsp3) is 0. The van der Waals surface area contributed by atoms with Crippen molar-refractivity contribution in [1.29, 1.82) is 0 Å². The molecule has 1 rings (SSSR count). The molecule has 52 valence electrons. The SMILES string of the molecule is [SiH3]O[SiH2]C#Cc1cccs1.